The van der Waals surface area contributed by atoms with Crippen molar-refractivity contribution in [3.8, 4) is 0 Å². The van der Waals surface area contributed by atoms with E-state index in [1.54, 1.807) is 6.07 Å². The molecule has 1 saturated heterocycles. The minimum atomic E-state index is 0.101. The van der Waals surface area contributed by atoms with Crippen molar-refractivity contribution in [2.75, 3.05) is 13.1 Å². The van der Waals surface area contributed by atoms with Crippen molar-refractivity contribution in [2.24, 2.45) is 5.92 Å². The van der Waals surface area contributed by atoms with Crippen molar-refractivity contribution in [3.05, 3.63) is 30.2 Å². The molecule has 1 aliphatic heterocycles. The fourth-order valence-corrected chi connectivity index (χ4v) is 2.32. The summed E-state index contributed by atoms with van der Waals surface area (Å²) in [6.45, 7) is 1.80. The molecule has 1 unspecified atom stereocenters. The van der Waals surface area contributed by atoms with Gasteiger partial charge < -0.3 is 9.73 Å². The van der Waals surface area contributed by atoms with E-state index in [-0.39, 0.29) is 11.7 Å². The number of Topliss-reactive ketones (excluding diaryl/α,β-unsaturated/α-hetero) is 1. The number of hydrogen-bond donors (Lipinski definition) is 1. The lowest BCUT2D eigenvalue weighted by molar-refractivity contribution is 0.0899. The molecule has 0 bridgehead atoms. The van der Waals surface area contributed by atoms with Gasteiger partial charge in [0.15, 0.2) is 17.8 Å². The summed E-state index contributed by atoms with van der Waals surface area (Å²) in [6, 6.07) is 5.46. The fourth-order valence-electron chi connectivity index (χ4n) is 2.32. The number of aromatic nitrogens is 1. The van der Waals surface area contributed by atoms with Crippen LogP contribution in [0.4, 0.5) is 0 Å². The highest BCUT2D eigenvalue weighted by molar-refractivity contribution is 6.00. The maximum Gasteiger partial charge on any atom is 0.181 e. The number of ketones is 1. The number of piperidine rings is 1. The van der Waals surface area contributed by atoms with E-state index in [1.807, 2.05) is 12.1 Å². The van der Waals surface area contributed by atoms with Crippen molar-refractivity contribution >= 4 is 16.9 Å². The Balaban J connectivity index is 1.88. The molecular formula is C13H14N2O2. The van der Waals surface area contributed by atoms with Crippen LogP contribution in [0.1, 0.15) is 23.2 Å². The van der Waals surface area contributed by atoms with Gasteiger partial charge in [0.1, 0.15) is 5.52 Å². The van der Waals surface area contributed by atoms with Crippen LogP contribution in [0.25, 0.3) is 11.1 Å². The number of benzene rings is 1. The molecule has 1 fully saturated rings. The molecular weight excluding hydrogens is 216 g/mol. The van der Waals surface area contributed by atoms with E-state index in [4.69, 9.17) is 4.42 Å². The maximum atomic E-state index is 12.3. The van der Waals surface area contributed by atoms with Gasteiger partial charge in [-0.2, -0.15) is 0 Å². The number of nitrogens with zero attached hydrogens (tertiary/aromatic N) is 1. The van der Waals surface area contributed by atoms with Crippen LogP contribution in [0.5, 0.6) is 0 Å². The summed E-state index contributed by atoms with van der Waals surface area (Å²) in [5.41, 5.74) is 2.20. The molecule has 1 atom stereocenters. The Labute approximate surface area is 99.0 Å². The molecule has 1 aromatic carbocycles. The van der Waals surface area contributed by atoms with Crippen LogP contribution in [-0.4, -0.2) is 23.9 Å². The zero-order chi connectivity index (χ0) is 11.7. The molecule has 4 nitrogen and oxygen atoms in total. The molecule has 0 amide bonds. The van der Waals surface area contributed by atoms with E-state index >= 15 is 0 Å². The first-order valence-electron chi connectivity index (χ1n) is 5.93. The predicted molar refractivity (Wildman–Crippen MR) is 63.9 cm³/mol. The van der Waals surface area contributed by atoms with Gasteiger partial charge in [-0.05, 0) is 37.6 Å². The summed E-state index contributed by atoms with van der Waals surface area (Å²) in [5, 5.41) is 3.26. The Morgan fingerprint density at radius 1 is 1.47 bits per heavy atom. The summed E-state index contributed by atoms with van der Waals surface area (Å²) < 4.78 is 5.22. The van der Waals surface area contributed by atoms with Crippen molar-refractivity contribution < 1.29 is 9.21 Å². The number of rotatable bonds is 2. The van der Waals surface area contributed by atoms with Crippen molar-refractivity contribution in [1.82, 2.24) is 10.3 Å². The Kier molecular flexibility index (Phi) is 2.65. The number of fused-ring (bicyclic) bond motifs is 1. The van der Waals surface area contributed by atoms with Gasteiger partial charge in [-0.3, -0.25) is 4.79 Å². The Morgan fingerprint density at radius 2 is 2.41 bits per heavy atom. The lowest BCUT2D eigenvalue weighted by Gasteiger charge is -2.21. The molecule has 1 N–H and O–H groups in total. The third-order valence-electron chi connectivity index (χ3n) is 3.28. The van der Waals surface area contributed by atoms with Crippen molar-refractivity contribution in [1.29, 1.82) is 0 Å². The summed E-state index contributed by atoms with van der Waals surface area (Å²) in [5.74, 6) is 0.305. The first kappa shape index (κ1) is 10.5. The van der Waals surface area contributed by atoms with E-state index in [0.717, 1.165) is 37.0 Å². The molecule has 88 valence electrons. The largest absolute Gasteiger partial charge is 0.443 e. The van der Waals surface area contributed by atoms with Crippen molar-refractivity contribution in [2.45, 2.75) is 12.8 Å². The molecule has 1 aliphatic rings. The zero-order valence-electron chi connectivity index (χ0n) is 9.48. The van der Waals surface area contributed by atoms with Gasteiger partial charge in [0.2, 0.25) is 0 Å². The molecule has 17 heavy (non-hydrogen) atoms. The molecule has 1 aromatic heterocycles. The van der Waals surface area contributed by atoms with Gasteiger partial charge in [0.25, 0.3) is 0 Å². The number of carbonyl (C=O) groups excluding carboxylic acids is 1. The Hall–Kier alpha value is -1.68. The molecule has 0 aliphatic carbocycles. The smallest absolute Gasteiger partial charge is 0.181 e. The molecule has 0 radical (unpaired) electrons. The van der Waals surface area contributed by atoms with E-state index in [9.17, 15) is 4.79 Å². The highest BCUT2D eigenvalue weighted by atomic mass is 16.3. The third kappa shape index (κ3) is 1.96. The molecule has 2 aromatic rings. The first-order chi connectivity index (χ1) is 8.34. The average molecular weight is 230 g/mol. The number of carbonyl (C=O) groups is 1. The van der Waals surface area contributed by atoms with E-state index in [0.29, 0.717) is 5.58 Å². The average Bonchev–Trinajstić information content (AvgIpc) is 2.86. The minimum absolute atomic E-state index is 0.101. The standard InChI is InChI=1S/C13H14N2O2/c16-13(10-2-1-5-14-7-10)9-3-4-11-12(6-9)17-8-15-11/h3-4,6,8,10,14H,1-2,5,7H2. The van der Waals surface area contributed by atoms with Crippen molar-refractivity contribution in [3.63, 3.8) is 0 Å². The summed E-state index contributed by atoms with van der Waals surface area (Å²) in [4.78, 5) is 16.3. The summed E-state index contributed by atoms with van der Waals surface area (Å²) in [6.07, 6.45) is 3.45. The van der Waals surface area contributed by atoms with Gasteiger partial charge in [0.05, 0.1) is 0 Å². The normalized spacial score (nSPS) is 20.6. The van der Waals surface area contributed by atoms with Gasteiger partial charge in [0, 0.05) is 18.0 Å². The van der Waals surface area contributed by atoms with Crippen LogP contribution in [0.3, 0.4) is 0 Å². The van der Waals surface area contributed by atoms with Gasteiger partial charge >= 0.3 is 0 Å². The monoisotopic (exact) mass is 230 g/mol. The SMILES string of the molecule is O=C(c1ccc2ncoc2c1)C1CCCNC1. The first-order valence-corrected chi connectivity index (χ1v) is 5.93. The van der Waals surface area contributed by atoms with Gasteiger partial charge in [-0.15, -0.1) is 0 Å². The highest BCUT2D eigenvalue weighted by Crippen LogP contribution is 2.20. The number of hydrogen-bond acceptors (Lipinski definition) is 4. The molecule has 3 rings (SSSR count). The second-order valence-electron chi connectivity index (χ2n) is 4.44. The second kappa shape index (κ2) is 4.30. The fraction of sp³-hybridized carbons (Fsp3) is 0.385. The Morgan fingerprint density at radius 3 is 3.24 bits per heavy atom. The highest BCUT2D eigenvalue weighted by Gasteiger charge is 2.22. The lowest BCUT2D eigenvalue weighted by atomic mass is 9.91. The predicted octanol–water partition coefficient (Wildman–Crippen LogP) is 2.01. The third-order valence-corrected chi connectivity index (χ3v) is 3.28. The summed E-state index contributed by atoms with van der Waals surface area (Å²) >= 11 is 0. The quantitative estimate of drug-likeness (QED) is 0.802. The van der Waals surface area contributed by atoms with E-state index < -0.39 is 0 Å². The second-order valence-corrected chi connectivity index (χ2v) is 4.44. The minimum Gasteiger partial charge on any atom is -0.443 e. The van der Waals surface area contributed by atoms with Crippen LogP contribution >= 0.6 is 0 Å². The van der Waals surface area contributed by atoms with Crippen LogP contribution in [0.2, 0.25) is 0 Å². The molecule has 4 heteroatoms. The van der Waals surface area contributed by atoms with Crippen LogP contribution in [0.15, 0.2) is 29.0 Å². The van der Waals surface area contributed by atoms with Crippen LogP contribution in [0, 0.1) is 5.92 Å². The number of nitrogens with one attached hydrogen (secondary N) is 1. The van der Waals surface area contributed by atoms with Gasteiger partial charge in [-0.1, -0.05) is 0 Å². The topological polar surface area (TPSA) is 55.1 Å². The maximum absolute atomic E-state index is 12.3. The lowest BCUT2D eigenvalue weighted by Crippen LogP contribution is -2.34. The van der Waals surface area contributed by atoms with E-state index in [1.165, 1.54) is 6.39 Å². The molecule has 2 heterocycles. The molecule has 0 saturated carbocycles. The Bertz CT molecular complexity index is 541. The van der Waals surface area contributed by atoms with E-state index in [2.05, 4.69) is 10.3 Å². The molecule has 0 spiro atoms. The number of oxazole rings is 1. The zero-order valence-corrected chi connectivity index (χ0v) is 9.48. The van der Waals surface area contributed by atoms with Gasteiger partial charge in [-0.25, -0.2) is 4.98 Å². The summed E-state index contributed by atoms with van der Waals surface area (Å²) in [7, 11) is 0. The van der Waals surface area contributed by atoms with Crippen LogP contribution in [-0.2, 0) is 0 Å². The van der Waals surface area contributed by atoms with Crippen LogP contribution < -0.4 is 5.32 Å².